The molecule has 0 atom stereocenters. The first-order valence-corrected chi connectivity index (χ1v) is 9.81. The monoisotopic (exact) mass is 389 g/mol. The predicted molar refractivity (Wildman–Crippen MR) is 116 cm³/mol. The molecule has 0 radical (unpaired) electrons. The van der Waals surface area contributed by atoms with Crippen LogP contribution in [0.4, 0.5) is 0 Å². The molecule has 3 rings (SSSR count). The van der Waals surface area contributed by atoms with Gasteiger partial charge in [-0.2, -0.15) is 5.10 Å². The first-order valence-electron chi connectivity index (χ1n) is 9.81. The molecule has 150 valence electrons. The SMILES string of the molecule is CCOCc1ccc(CNC(=O)/C=C/c2c(C)nn(-c3ccccc3)c2C)cc1. The molecule has 29 heavy (non-hydrogen) atoms. The average Bonchev–Trinajstić information content (AvgIpc) is 3.04. The van der Waals surface area contributed by atoms with Crippen LogP contribution in [0.15, 0.2) is 60.7 Å². The van der Waals surface area contributed by atoms with Crippen LogP contribution in [0.1, 0.15) is 35.0 Å². The van der Waals surface area contributed by atoms with Crippen LogP contribution >= 0.6 is 0 Å². The second kappa shape index (κ2) is 9.85. The molecule has 0 saturated heterocycles. The smallest absolute Gasteiger partial charge is 0.244 e. The van der Waals surface area contributed by atoms with Crippen LogP contribution in [-0.4, -0.2) is 22.3 Å². The van der Waals surface area contributed by atoms with Crippen LogP contribution in [-0.2, 0) is 22.7 Å². The van der Waals surface area contributed by atoms with Crippen LogP contribution in [0.5, 0.6) is 0 Å². The van der Waals surface area contributed by atoms with Gasteiger partial charge < -0.3 is 10.1 Å². The number of nitrogens with zero attached hydrogens (tertiary/aromatic N) is 2. The quantitative estimate of drug-likeness (QED) is 0.583. The van der Waals surface area contributed by atoms with Gasteiger partial charge >= 0.3 is 0 Å². The van der Waals surface area contributed by atoms with Gasteiger partial charge in [-0.05, 0) is 50.1 Å². The van der Waals surface area contributed by atoms with Gasteiger partial charge in [0.1, 0.15) is 0 Å². The van der Waals surface area contributed by atoms with Gasteiger partial charge in [0.15, 0.2) is 0 Å². The van der Waals surface area contributed by atoms with E-state index in [9.17, 15) is 4.79 Å². The number of aromatic nitrogens is 2. The molecule has 1 amide bonds. The van der Waals surface area contributed by atoms with Crippen LogP contribution < -0.4 is 5.32 Å². The third-order valence-electron chi connectivity index (χ3n) is 4.71. The molecule has 0 saturated carbocycles. The molecule has 1 heterocycles. The third-order valence-corrected chi connectivity index (χ3v) is 4.71. The molecule has 0 aliphatic carbocycles. The number of aryl methyl sites for hydroxylation is 1. The second-order valence-electron chi connectivity index (χ2n) is 6.84. The Morgan fingerprint density at radius 3 is 2.45 bits per heavy atom. The molecule has 2 aromatic carbocycles. The minimum atomic E-state index is -0.130. The summed E-state index contributed by atoms with van der Waals surface area (Å²) in [6.07, 6.45) is 3.40. The van der Waals surface area contributed by atoms with Gasteiger partial charge in [-0.15, -0.1) is 0 Å². The lowest BCUT2D eigenvalue weighted by Crippen LogP contribution is -2.20. The summed E-state index contributed by atoms with van der Waals surface area (Å²) in [5, 5.41) is 7.53. The lowest BCUT2D eigenvalue weighted by Gasteiger charge is -2.05. The lowest BCUT2D eigenvalue weighted by atomic mass is 10.1. The van der Waals surface area contributed by atoms with Gasteiger partial charge in [0.25, 0.3) is 0 Å². The van der Waals surface area contributed by atoms with Gasteiger partial charge in [-0.25, -0.2) is 4.68 Å². The van der Waals surface area contributed by atoms with Gasteiger partial charge in [-0.3, -0.25) is 4.79 Å². The molecule has 1 aromatic heterocycles. The van der Waals surface area contributed by atoms with Gasteiger partial charge in [0.2, 0.25) is 5.91 Å². The standard InChI is InChI=1S/C24H27N3O2/c1-4-29-17-21-12-10-20(11-13-21)16-25-24(28)15-14-23-18(2)26-27(19(23)3)22-8-6-5-7-9-22/h5-15H,4,16-17H2,1-3H3,(H,25,28)/b15-14+. The van der Waals surface area contributed by atoms with Crippen molar-refractivity contribution < 1.29 is 9.53 Å². The fourth-order valence-corrected chi connectivity index (χ4v) is 3.10. The molecule has 3 aromatic rings. The zero-order valence-electron chi connectivity index (χ0n) is 17.2. The van der Waals surface area contributed by atoms with Crippen LogP contribution in [0.25, 0.3) is 11.8 Å². The Balaban J connectivity index is 1.60. The summed E-state index contributed by atoms with van der Waals surface area (Å²) in [5.74, 6) is -0.130. The van der Waals surface area contributed by atoms with E-state index in [0.29, 0.717) is 19.8 Å². The van der Waals surface area contributed by atoms with Crippen molar-refractivity contribution in [3.05, 3.63) is 88.8 Å². The molecule has 0 aliphatic heterocycles. The largest absolute Gasteiger partial charge is 0.377 e. The van der Waals surface area contributed by atoms with Crippen molar-refractivity contribution in [3.63, 3.8) is 0 Å². The Kier molecular flexibility index (Phi) is 6.98. The zero-order chi connectivity index (χ0) is 20.6. The highest BCUT2D eigenvalue weighted by Gasteiger charge is 2.10. The van der Waals surface area contributed by atoms with E-state index in [-0.39, 0.29) is 5.91 Å². The molecule has 5 heteroatoms. The van der Waals surface area contributed by atoms with Gasteiger partial charge in [-0.1, -0.05) is 42.5 Å². The van der Waals surface area contributed by atoms with E-state index in [2.05, 4.69) is 10.4 Å². The first kappa shape index (κ1) is 20.6. The summed E-state index contributed by atoms with van der Waals surface area (Å²) in [7, 11) is 0. The van der Waals surface area contributed by atoms with E-state index in [4.69, 9.17) is 4.74 Å². The fraction of sp³-hybridized carbons (Fsp3) is 0.250. The average molecular weight is 389 g/mol. The topological polar surface area (TPSA) is 56.1 Å². The minimum Gasteiger partial charge on any atom is -0.377 e. The number of carbonyl (C=O) groups excluding carboxylic acids is 1. The number of hydrogen-bond donors (Lipinski definition) is 1. The Morgan fingerprint density at radius 1 is 1.07 bits per heavy atom. The van der Waals surface area contributed by atoms with Crippen molar-refractivity contribution in [3.8, 4) is 5.69 Å². The summed E-state index contributed by atoms with van der Waals surface area (Å²) in [4.78, 5) is 12.3. The van der Waals surface area contributed by atoms with Crippen LogP contribution in [0.2, 0.25) is 0 Å². The Morgan fingerprint density at radius 2 is 1.76 bits per heavy atom. The highest BCUT2D eigenvalue weighted by molar-refractivity contribution is 5.92. The molecule has 0 aliphatic rings. The van der Waals surface area contributed by atoms with Crippen molar-refractivity contribution >= 4 is 12.0 Å². The number of carbonyl (C=O) groups is 1. The number of benzene rings is 2. The molecule has 0 bridgehead atoms. The number of rotatable bonds is 8. The van der Waals surface area contributed by atoms with E-state index in [0.717, 1.165) is 33.8 Å². The maximum absolute atomic E-state index is 12.3. The highest BCUT2D eigenvalue weighted by Crippen LogP contribution is 2.19. The predicted octanol–water partition coefficient (Wildman–Crippen LogP) is 4.36. The molecular weight excluding hydrogens is 362 g/mol. The number of ether oxygens (including phenoxy) is 1. The first-order chi connectivity index (χ1) is 14.1. The van der Waals surface area contributed by atoms with Gasteiger partial charge in [0.05, 0.1) is 18.0 Å². The molecule has 0 spiro atoms. The molecule has 0 fully saturated rings. The summed E-state index contributed by atoms with van der Waals surface area (Å²) in [6.45, 7) is 7.74. The second-order valence-corrected chi connectivity index (χ2v) is 6.84. The fourth-order valence-electron chi connectivity index (χ4n) is 3.10. The van der Waals surface area contributed by atoms with E-state index < -0.39 is 0 Å². The summed E-state index contributed by atoms with van der Waals surface area (Å²) in [6, 6.07) is 18.0. The molecule has 0 unspecified atom stereocenters. The molecular formula is C24H27N3O2. The lowest BCUT2D eigenvalue weighted by molar-refractivity contribution is -0.116. The molecule has 5 nitrogen and oxygen atoms in total. The van der Waals surface area contributed by atoms with Crippen LogP contribution in [0.3, 0.4) is 0 Å². The summed E-state index contributed by atoms with van der Waals surface area (Å²) in [5.41, 5.74) is 6.04. The van der Waals surface area contributed by atoms with Crippen LogP contribution in [0, 0.1) is 13.8 Å². The highest BCUT2D eigenvalue weighted by atomic mass is 16.5. The summed E-state index contributed by atoms with van der Waals surface area (Å²) < 4.78 is 7.29. The normalized spacial score (nSPS) is 11.1. The Bertz CT molecular complexity index is 973. The number of hydrogen-bond acceptors (Lipinski definition) is 3. The molecule has 1 N–H and O–H groups in total. The third kappa shape index (κ3) is 5.42. The number of nitrogens with one attached hydrogen (secondary N) is 1. The summed E-state index contributed by atoms with van der Waals surface area (Å²) >= 11 is 0. The van der Waals surface area contributed by atoms with Crippen molar-refractivity contribution in [2.24, 2.45) is 0 Å². The van der Waals surface area contributed by atoms with Crippen molar-refractivity contribution in [1.82, 2.24) is 15.1 Å². The maximum Gasteiger partial charge on any atom is 0.244 e. The van der Waals surface area contributed by atoms with Gasteiger partial charge in [0, 0.05) is 30.5 Å². The van der Waals surface area contributed by atoms with E-state index >= 15 is 0 Å². The van der Waals surface area contributed by atoms with Crippen molar-refractivity contribution in [2.45, 2.75) is 33.9 Å². The minimum absolute atomic E-state index is 0.130. The van der Waals surface area contributed by atoms with E-state index in [1.54, 1.807) is 6.08 Å². The van der Waals surface area contributed by atoms with Crippen molar-refractivity contribution in [2.75, 3.05) is 6.61 Å². The maximum atomic E-state index is 12.3. The number of amides is 1. The number of para-hydroxylation sites is 1. The Hall–Kier alpha value is -3.18. The van der Waals surface area contributed by atoms with E-state index in [1.807, 2.05) is 86.1 Å². The Labute approximate surface area is 172 Å². The van der Waals surface area contributed by atoms with E-state index in [1.165, 1.54) is 0 Å². The van der Waals surface area contributed by atoms with Crippen molar-refractivity contribution in [1.29, 1.82) is 0 Å². The zero-order valence-corrected chi connectivity index (χ0v) is 17.2.